The van der Waals surface area contributed by atoms with Gasteiger partial charge in [-0.05, 0) is 0 Å². The first kappa shape index (κ1) is 22.4. The van der Waals surface area contributed by atoms with Crippen molar-refractivity contribution in [1.29, 1.82) is 0 Å². The molecule has 0 unspecified atom stereocenters. The average molecular weight is 231 g/mol. The van der Waals surface area contributed by atoms with E-state index in [0.29, 0.717) is 0 Å². The summed E-state index contributed by atoms with van der Waals surface area (Å²) in [5.41, 5.74) is 0. The molecule has 0 spiro atoms. The molecule has 0 atom stereocenters. The predicted octanol–water partition coefficient (Wildman–Crippen LogP) is -1.08. The van der Waals surface area contributed by atoms with Crippen LogP contribution in [0.25, 0.3) is 0 Å². The molecule has 0 aromatic rings. The molecule has 8 heavy (non-hydrogen) atoms. The predicted molar refractivity (Wildman–Crippen MR) is 35.2 cm³/mol. The summed E-state index contributed by atoms with van der Waals surface area (Å²) < 4.78 is 8.88. The topological polar surface area (TPSA) is 113 Å². The number of hydrogen-bond donors (Lipinski definition) is 4. The second-order valence-corrected chi connectivity index (χ2v) is 1.54. The summed E-state index contributed by atoms with van der Waals surface area (Å²) in [6.45, 7) is 0. The van der Waals surface area contributed by atoms with E-state index in [1.807, 2.05) is 0 Å². The molecule has 6 N–H and O–H groups in total. The molecule has 0 rings (SSSR count). The van der Waals surface area contributed by atoms with Crippen LogP contribution in [-0.4, -0.2) is 83.2 Å². The summed E-state index contributed by atoms with van der Waals surface area (Å²) in [6.07, 6.45) is 0. The number of phosphoric acid groups is 1. The number of hydrogen-bond acceptors (Lipinski definition) is 2. The zero-order valence-electron chi connectivity index (χ0n) is 8.32. The van der Waals surface area contributed by atoms with Crippen molar-refractivity contribution in [3.8, 4) is 0 Å². The van der Waals surface area contributed by atoms with Crippen molar-refractivity contribution in [2.75, 3.05) is 0 Å². The first-order valence-corrected chi connectivity index (χ1v) is 2.35. The van der Waals surface area contributed by atoms with E-state index in [-0.39, 0.29) is 80.4 Å². The molecule has 0 amide bonds. The van der Waals surface area contributed by atoms with Crippen molar-refractivity contribution < 1.29 is 25.0 Å². The van der Waals surface area contributed by atoms with Crippen molar-refractivity contribution >= 4 is 76.4 Å². The Morgan fingerprint density at radius 3 is 1.25 bits per heavy atom. The molecular weight excluding hydrogens is 221 g/mol. The molecule has 0 saturated heterocycles. The van der Waals surface area contributed by atoms with Gasteiger partial charge in [0.25, 0.3) is 0 Å². The quantitative estimate of drug-likeness (QED) is 0.313. The Hall–Kier alpha value is 2.32. The van der Waals surface area contributed by atoms with Crippen molar-refractivity contribution in [1.82, 2.24) is 6.15 Å². The van der Waals surface area contributed by atoms with Crippen LogP contribution in [0.5, 0.6) is 0 Å². The average Bonchev–Trinajstić information content (AvgIpc) is 0.722. The van der Waals surface area contributed by atoms with Gasteiger partial charge in [0.15, 0.2) is 0 Å². The van der Waals surface area contributed by atoms with Crippen LogP contribution in [0.1, 0.15) is 5.71 Å². The second kappa shape index (κ2) is 9.32. The van der Waals surface area contributed by atoms with Crippen molar-refractivity contribution in [2.24, 2.45) is 0 Å². The molecule has 0 aliphatic heterocycles. The van der Waals surface area contributed by atoms with Gasteiger partial charge < -0.3 is 26.5 Å². The molecule has 0 aliphatic rings. The molecule has 48 valence electrons. The fraction of sp³-hybridized carbons (Fsp3) is 0. The van der Waals surface area contributed by atoms with Gasteiger partial charge in [-0.25, -0.2) is 4.57 Å². The van der Waals surface area contributed by atoms with Crippen LogP contribution < -0.4 is 6.15 Å². The van der Waals surface area contributed by atoms with E-state index < -0.39 is 7.82 Å². The third kappa shape index (κ3) is 83.0. The van der Waals surface area contributed by atoms with Gasteiger partial charge in [-0.1, -0.05) is 0 Å². The van der Waals surface area contributed by atoms with E-state index in [4.69, 9.17) is 19.2 Å². The van der Waals surface area contributed by atoms with Crippen LogP contribution in [-0.2, 0) is 4.57 Å². The maximum atomic E-state index is 8.88. The summed E-state index contributed by atoms with van der Waals surface area (Å²) in [5.74, 6) is 0. The molecule has 0 radical (unpaired) electrons. The molecule has 8 heteroatoms. The summed E-state index contributed by atoms with van der Waals surface area (Å²) in [6, 6.07) is 0. The minimum Gasteiger partial charge on any atom is -1.00 e. The second-order valence-electron chi connectivity index (χ2n) is 0.513. The Kier molecular flexibility index (Phi) is 26.1. The van der Waals surface area contributed by atoms with Crippen LogP contribution in [0.15, 0.2) is 0 Å². The van der Waals surface area contributed by atoms with E-state index in [2.05, 4.69) is 0 Å². The first-order chi connectivity index (χ1) is 2.00. The Morgan fingerprint density at radius 2 is 1.25 bits per heavy atom. The molecule has 5 nitrogen and oxygen atoms in total. The van der Waals surface area contributed by atoms with Gasteiger partial charge in [-0.2, -0.15) is 0 Å². The molecule has 0 aromatic carbocycles. The van der Waals surface area contributed by atoms with Crippen molar-refractivity contribution in [3.63, 3.8) is 0 Å². The molecule has 0 bridgehead atoms. The van der Waals surface area contributed by atoms with E-state index >= 15 is 0 Å². The standard InChI is InChI=1S/Mg.H3N.H3O4P.Sr.4H/c;;1-5(2,3)4;;;;;/h;1H3;(H3,1,2,3,4);;;;;/q+2;;;+2;4*-1. The van der Waals surface area contributed by atoms with E-state index in [0.717, 1.165) is 0 Å². The van der Waals surface area contributed by atoms with Crippen molar-refractivity contribution in [3.05, 3.63) is 0 Å². The zero-order chi connectivity index (χ0) is 4.50. The SMILES string of the molecule is N.O=P(O)(O)O.[H-].[H-].[H-].[H-].[Mg+2].[Sr+2]. The van der Waals surface area contributed by atoms with Crippen LogP contribution in [0.3, 0.4) is 0 Å². The normalized spacial score (nSPS) is 7.38. The maximum absolute atomic E-state index is 8.88. The van der Waals surface area contributed by atoms with Crippen LogP contribution in [0.2, 0.25) is 0 Å². The maximum Gasteiger partial charge on any atom is 2.00 e. The van der Waals surface area contributed by atoms with E-state index in [9.17, 15) is 0 Å². The third-order valence-corrected chi connectivity index (χ3v) is 0. The number of rotatable bonds is 0. The van der Waals surface area contributed by atoms with Gasteiger partial charge in [0, 0.05) is 0 Å². The molecule has 0 aliphatic carbocycles. The summed E-state index contributed by atoms with van der Waals surface area (Å²) in [7, 11) is -4.64. The summed E-state index contributed by atoms with van der Waals surface area (Å²) in [5, 5.41) is 0. The summed E-state index contributed by atoms with van der Waals surface area (Å²) >= 11 is 0. The van der Waals surface area contributed by atoms with E-state index in [1.54, 1.807) is 0 Å². The smallest absolute Gasteiger partial charge is 1.00 e. The van der Waals surface area contributed by atoms with Crippen LogP contribution in [0, 0.1) is 0 Å². The Bertz CT molecular complexity index is 73.2. The monoisotopic (exact) mass is 231 g/mol. The zero-order valence-corrected chi connectivity index (χ0v) is 10.1. The Morgan fingerprint density at radius 1 is 1.25 bits per heavy atom. The molecule has 0 saturated carbocycles. The minimum absolute atomic E-state index is 0. The Labute approximate surface area is 106 Å². The molecule has 0 aromatic heterocycles. The summed E-state index contributed by atoms with van der Waals surface area (Å²) in [4.78, 5) is 21.6. The Balaban J connectivity index is -0.00000000381. The van der Waals surface area contributed by atoms with Gasteiger partial charge in [-0.15, -0.1) is 0 Å². The van der Waals surface area contributed by atoms with Crippen LogP contribution >= 0.6 is 7.82 Å². The van der Waals surface area contributed by atoms with Crippen molar-refractivity contribution in [2.45, 2.75) is 0 Å². The minimum atomic E-state index is -4.64. The molecular formula is H10MgNO4PSr. The fourth-order valence-corrected chi connectivity index (χ4v) is 0. The molecule has 0 fully saturated rings. The third-order valence-electron chi connectivity index (χ3n) is 0. The van der Waals surface area contributed by atoms with Crippen LogP contribution in [0.4, 0.5) is 0 Å². The largest absolute Gasteiger partial charge is 2.00 e. The fourth-order valence-electron chi connectivity index (χ4n) is 0. The van der Waals surface area contributed by atoms with Gasteiger partial charge >= 0.3 is 76.4 Å². The molecule has 0 heterocycles. The van der Waals surface area contributed by atoms with Gasteiger partial charge in [0.2, 0.25) is 0 Å². The van der Waals surface area contributed by atoms with E-state index in [1.165, 1.54) is 0 Å². The van der Waals surface area contributed by atoms with Gasteiger partial charge in [0.05, 0.1) is 0 Å². The first-order valence-electron chi connectivity index (χ1n) is 0.783. The van der Waals surface area contributed by atoms with Gasteiger partial charge in [-0.3, -0.25) is 0 Å². The van der Waals surface area contributed by atoms with Gasteiger partial charge in [0.1, 0.15) is 0 Å².